The summed E-state index contributed by atoms with van der Waals surface area (Å²) in [5.41, 5.74) is 1.92. The van der Waals surface area contributed by atoms with Gasteiger partial charge in [0.25, 0.3) is 0 Å². The van der Waals surface area contributed by atoms with Crippen LogP contribution in [0.4, 0.5) is 5.69 Å². The predicted molar refractivity (Wildman–Crippen MR) is 70.0 cm³/mol. The fraction of sp³-hybridized carbons (Fsp3) is 0.0909. The van der Waals surface area contributed by atoms with Crippen molar-refractivity contribution in [1.82, 2.24) is 9.78 Å². The molecule has 0 radical (unpaired) electrons. The molecule has 0 unspecified atom stereocenters. The third kappa shape index (κ3) is 2.59. The standard InChI is InChI=1S/C11H10ClN3S/c1-8-6-13-15(7-8)11(16)14-10-4-2-3-9(12)5-10/h2-7H,1H3,(H,14,16). The number of nitrogens with one attached hydrogen (secondary N) is 1. The molecule has 0 bridgehead atoms. The van der Waals surface area contributed by atoms with E-state index in [1.54, 1.807) is 10.9 Å². The SMILES string of the molecule is Cc1cnn(C(=S)Nc2cccc(Cl)c2)c1. The summed E-state index contributed by atoms with van der Waals surface area (Å²) in [4.78, 5) is 0. The van der Waals surface area contributed by atoms with Crippen LogP contribution in [0.1, 0.15) is 5.56 Å². The first-order valence-electron chi connectivity index (χ1n) is 4.73. The van der Waals surface area contributed by atoms with Crippen LogP contribution < -0.4 is 5.32 Å². The van der Waals surface area contributed by atoms with Crippen LogP contribution in [0.2, 0.25) is 5.02 Å². The van der Waals surface area contributed by atoms with Crippen LogP contribution in [0.25, 0.3) is 0 Å². The summed E-state index contributed by atoms with van der Waals surface area (Å²) < 4.78 is 1.62. The second-order valence-corrected chi connectivity index (χ2v) is 4.23. The molecule has 0 aliphatic rings. The Morgan fingerprint density at radius 3 is 2.94 bits per heavy atom. The lowest BCUT2D eigenvalue weighted by atomic mass is 10.3. The molecule has 0 atom stereocenters. The molecule has 1 aromatic heterocycles. The number of halogens is 1. The highest BCUT2D eigenvalue weighted by Crippen LogP contribution is 2.15. The number of hydrogen-bond donors (Lipinski definition) is 1. The highest BCUT2D eigenvalue weighted by Gasteiger charge is 2.02. The average Bonchev–Trinajstić information content (AvgIpc) is 2.65. The van der Waals surface area contributed by atoms with E-state index in [2.05, 4.69) is 10.4 Å². The Balaban J connectivity index is 2.13. The molecular formula is C11H10ClN3S. The number of aromatic nitrogens is 2. The molecule has 16 heavy (non-hydrogen) atoms. The molecule has 0 aliphatic carbocycles. The lowest BCUT2D eigenvalue weighted by molar-refractivity contribution is 0.947. The van der Waals surface area contributed by atoms with E-state index in [4.69, 9.17) is 23.8 Å². The number of anilines is 1. The molecule has 1 N–H and O–H groups in total. The zero-order chi connectivity index (χ0) is 11.5. The van der Waals surface area contributed by atoms with Crippen LogP contribution in [0.5, 0.6) is 0 Å². The fourth-order valence-corrected chi connectivity index (χ4v) is 1.68. The van der Waals surface area contributed by atoms with Crippen molar-refractivity contribution in [2.45, 2.75) is 6.92 Å². The molecule has 3 nitrogen and oxygen atoms in total. The smallest absolute Gasteiger partial charge is 0.198 e. The maximum absolute atomic E-state index is 5.87. The van der Waals surface area contributed by atoms with Crippen LogP contribution in [0.3, 0.4) is 0 Å². The van der Waals surface area contributed by atoms with Gasteiger partial charge in [0.05, 0.1) is 6.20 Å². The Kier molecular flexibility index (Phi) is 3.22. The third-order valence-electron chi connectivity index (χ3n) is 2.00. The zero-order valence-electron chi connectivity index (χ0n) is 8.64. The van der Waals surface area contributed by atoms with Gasteiger partial charge in [-0.1, -0.05) is 17.7 Å². The van der Waals surface area contributed by atoms with Crippen LogP contribution in [0.15, 0.2) is 36.7 Å². The predicted octanol–water partition coefficient (Wildman–Crippen LogP) is 3.09. The van der Waals surface area contributed by atoms with Crippen molar-refractivity contribution in [1.29, 1.82) is 0 Å². The summed E-state index contributed by atoms with van der Waals surface area (Å²) >= 11 is 11.1. The van der Waals surface area contributed by atoms with Crippen LogP contribution >= 0.6 is 23.8 Å². The van der Waals surface area contributed by atoms with E-state index >= 15 is 0 Å². The van der Waals surface area contributed by atoms with Crippen molar-refractivity contribution in [2.75, 3.05) is 5.32 Å². The second-order valence-electron chi connectivity index (χ2n) is 3.40. The summed E-state index contributed by atoms with van der Waals surface area (Å²) in [6.45, 7) is 1.96. The lowest BCUT2D eigenvalue weighted by Gasteiger charge is -2.07. The van der Waals surface area contributed by atoms with Crippen molar-refractivity contribution in [3.05, 3.63) is 47.2 Å². The molecule has 0 spiro atoms. The minimum Gasteiger partial charge on any atom is -0.331 e. The topological polar surface area (TPSA) is 29.9 Å². The maximum Gasteiger partial charge on any atom is 0.198 e. The molecule has 82 valence electrons. The second kappa shape index (κ2) is 4.63. The monoisotopic (exact) mass is 251 g/mol. The quantitative estimate of drug-likeness (QED) is 0.790. The van der Waals surface area contributed by atoms with Crippen LogP contribution in [-0.4, -0.2) is 14.9 Å². The molecule has 0 fully saturated rings. The minimum atomic E-state index is 0.523. The van der Waals surface area contributed by atoms with Gasteiger partial charge in [0.2, 0.25) is 0 Å². The molecule has 2 aromatic rings. The highest BCUT2D eigenvalue weighted by molar-refractivity contribution is 7.80. The summed E-state index contributed by atoms with van der Waals surface area (Å²) in [5.74, 6) is 0. The van der Waals surface area contributed by atoms with Crippen molar-refractivity contribution in [3.63, 3.8) is 0 Å². The van der Waals surface area contributed by atoms with Gasteiger partial charge in [-0.25, -0.2) is 4.68 Å². The summed E-state index contributed by atoms with van der Waals surface area (Å²) in [6, 6.07) is 7.38. The van der Waals surface area contributed by atoms with Gasteiger partial charge < -0.3 is 5.32 Å². The number of rotatable bonds is 1. The molecule has 1 heterocycles. The number of nitrogens with zero attached hydrogens (tertiary/aromatic N) is 2. The van der Waals surface area contributed by atoms with Crippen molar-refractivity contribution in [3.8, 4) is 0 Å². The van der Waals surface area contributed by atoms with E-state index < -0.39 is 0 Å². The Bertz CT molecular complexity index is 521. The van der Waals surface area contributed by atoms with E-state index in [9.17, 15) is 0 Å². The Morgan fingerprint density at radius 2 is 2.31 bits per heavy atom. The van der Waals surface area contributed by atoms with Gasteiger partial charge in [-0.05, 0) is 42.9 Å². The van der Waals surface area contributed by atoms with Gasteiger partial charge in [-0.15, -0.1) is 0 Å². The molecule has 1 aromatic carbocycles. The molecule has 2 rings (SSSR count). The van der Waals surface area contributed by atoms with E-state index in [0.717, 1.165) is 11.3 Å². The first-order valence-corrected chi connectivity index (χ1v) is 5.52. The van der Waals surface area contributed by atoms with E-state index in [0.29, 0.717) is 10.1 Å². The molecule has 0 amide bonds. The van der Waals surface area contributed by atoms with Crippen LogP contribution in [0, 0.1) is 6.92 Å². The van der Waals surface area contributed by atoms with Crippen molar-refractivity contribution >= 4 is 34.6 Å². The third-order valence-corrected chi connectivity index (χ3v) is 2.52. The van der Waals surface area contributed by atoms with Crippen LogP contribution in [-0.2, 0) is 0 Å². The van der Waals surface area contributed by atoms with E-state index in [1.165, 1.54) is 0 Å². The number of thiocarbonyl (C=S) groups is 1. The maximum atomic E-state index is 5.87. The normalized spacial score (nSPS) is 10.1. The first-order chi connectivity index (χ1) is 7.65. The van der Waals surface area contributed by atoms with Gasteiger partial charge >= 0.3 is 0 Å². The first kappa shape index (κ1) is 11.1. The Hall–Kier alpha value is -1.39. The van der Waals surface area contributed by atoms with E-state index in [-0.39, 0.29) is 0 Å². The Morgan fingerprint density at radius 1 is 1.50 bits per heavy atom. The fourth-order valence-electron chi connectivity index (χ4n) is 1.27. The molecular weight excluding hydrogens is 242 g/mol. The molecule has 0 aliphatic heterocycles. The highest BCUT2D eigenvalue weighted by atomic mass is 35.5. The summed E-state index contributed by atoms with van der Waals surface area (Å²) in [6.07, 6.45) is 3.62. The average molecular weight is 252 g/mol. The zero-order valence-corrected chi connectivity index (χ0v) is 10.2. The van der Waals surface area contributed by atoms with E-state index in [1.807, 2.05) is 37.4 Å². The largest absolute Gasteiger partial charge is 0.331 e. The van der Waals surface area contributed by atoms with Crippen molar-refractivity contribution < 1.29 is 0 Å². The van der Waals surface area contributed by atoms with Gasteiger partial charge in [-0.2, -0.15) is 5.10 Å². The summed E-state index contributed by atoms with van der Waals surface area (Å²) in [7, 11) is 0. The van der Waals surface area contributed by atoms with Gasteiger partial charge in [0.1, 0.15) is 0 Å². The summed E-state index contributed by atoms with van der Waals surface area (Å²) in [5, 5.41) is 8.37. The Labute approximate surface area is 104 Å². The number of hydrogen-bond acceptors (Lipinski definition) is 2. The number of aryl methyl sites for hydroxylation is 1. The lowest BCUT2D eigenvalue weighted by Crippen LogP contribution is -2.19. The minimum absolute atomic E-state index is 0.523. The van der Waals surface area contributed by atoms with Gasteiger partial charge in [-0.3, -0.25) is 0 Å². The molecule has 5 heteroatoms. The molecule has 0 saturated heterocycles. The van der Waals surface area contributed by atoms with Gasteiger partial charge in [0, 0.05) is 16.9 Å². The van der Waals surface area contributed by atoms with Gasteiger partial charge in [0.15, 0.2) is 5.11 Å². The van der Waals surface area contributed by atoms with Crippen molar-refractivity contribution in [2.24, 2.45) is 0 Å². The molecule has 0 saturated carbocycles. The number of benzene rings is 1.